The van der Waals surface area contributed by atoms with E-state index in [1.165, 1.54) is 12.1 Å². The Labute approximate surface area is 134 Å². The van der Waals surface area contributed by atoms with Crippen molar-refractivity contribution in [2.75, 3.05) is 6.26 Å². The van der Waals surface area contributed by atoms with Crippen LogP contribution in [0.1, 0.15) is 0 Å². The summed E-state index contributed by atoms with van der Waals surface area (Å²) in [6, 6.07) is 13.9. The quantitative estimate of drug-likeness (QED) is 0.685. The number of hydrogen-bond donors (Lipinski definition) is 0. The molecule has 0 N–H and O–H groups in total. The molecule has 0 saturated carbocycles. The van der Waals surface area contributed by atoms with Crippen LogP contribution in [0, 0.1) is 0 Å². The second-order valence-corrected chi connectivity index (χ2v) is 6.37. The lowest BCUT2D eigenvalue weighted by Crippen LogP contribution is -2.06. The van der Waals surface area contributed by atoms with Crippen molar-refractivity contribution in [1.82, 2.24) is 15.0 Å². The van der Waals surface area contributed by atoms with Gasteiger partial charge in [0.25, 0.3) is 0 Å². The zero-order valence-corrected chi connectivity index (χ0v) is 13.1. The predicted molar refractivity (Wildman–Crippen MR) is 86.2 cm³/mol. The van der Waals surface area contributed by atoms with Gasteiger partial charge in [0.05, 0.1) is 29.0 Å². The van der Waals surface area contributed by atoms with E-state index in [0.29, 0.717) is 22.8 Å². The molecule has 3 aromatic rings. The van der Waals surface area contributed by atoms with Gasteiger partial charge in [-0.05, 0) is 24.3 Å². The molecule has 3 aromatic heterocycles. The third kappa shape index (κ3) is 3.89. The molecule has 0 spiro atoms. The van der Waals surface area contributed by atoms with Gasteiger partial charge in [-0.15, -0.1) is 0 Å². The normalized spacial score (nSPS) is 11.2. The van der Waals surface area contributed by atoms with Crippen LogP contribution >= 0.6 is 0 Å². The minimum Gasteiger partial charge on any atom is -0.382 e. The number of aromatic nitrogens is 3. The van der Waals surface area contributed by atoms with E-state index in [1.807, 2.05) is 12.1 Å². The van der Waals surface area contributed by atoms with Crippen LogP contribution in [0.25, 0.3) is 22.8 Å². The Bertz CT molecular complexity index is 856. The standard InChI is InChI=1S/C16H13N3O3S/c1-23(20,21)22-12-10-15(13-6-2-4-8-17-13)19-16(11-12)14-7-3-5-9-18-14/h2-11H,1H3. The molecular formula is C16H13N3O3S. The minimum absolute atomic E-state index is 0.170. The molecule has 0 radical (unpaired) electrons. The highest BCUT2D eigenvalue weighted by Crippen LogP contribution is 2.27. The Morgan fingerprint density at radius 3 is 1.74 bits per heavy atom. The van der Waals surface area contributed by atoms with Crippen LogP contribution in [0.5, 0.6) is 5.75 Å². The van der Waals surface area contributed by atoms with E-state index in [-0.39, 0.29) is 5.75 Å². The first kappa shape index (κ1) is 15.1. The fourth-order valence-electron chi connectivity index (χ4n) is 2.02. The summed E-state index contributed by atoms with van der Waals surface area (Å²) in [4.78, 5) is 13.0. The zero-order valence-electron chi connectivity index (χ0n) is 12.2. The van der Waals surface area contributed by atoms with Gasteiger partial charge in [0.2, 0.25) is 0 Å². The van der Waals surface area contributed by atoms with Gasteiger partial charge in [-0.25, -0.2) is 4.98 Å². The molecule has 0 aromatic carbocycles. The van der Waals surface area contributed by atoms with Crippen molar-refractivity contribution >= 4 is 10.1 Å². The van der Waals surface area contributed by atoms with E-state index in [2.05, 4.69) is 15.0 Å². The predicted octanol–water partition coefficient (Wildman–Crippen LogP) is 2.54. The highest BCUT2D eigenvalue weighted by molar-refractivity contribution is 7.86. The van der Waals surface area contributed by atoms with Crippen LogP contribution in [-0.4, -0.2) is 29.6 Å². The maximum atomic E-state index is 11.4. The maximum Gasteiger partial charge on any atom is 0.306 e. The lowest BCUT2D eigenvalue weighted by molar-refractivity contribution is 0.493. The lowest BCUT2D eigenvalue weighted by atomic mass is 10.2. The van der Waals surface area contributed by atoms with Gasteiger partial charge < -0.3 is 4.18 Å². The summed E-state index contributed by atoms with van der Waals surface area (Å²) in [5.74, 6) is 0.170. The highest BCUT2D eigenvalue weighted by Gasteiger charge is 2.12. The smallest absolute Gasteiger partial charge is 0.306 e. The second-order valence-electron chi connectivity index (χ2n) is 4.79. The average Bonchev–Trinajstić information content (AvgIpc) is 2.55. The van der Waals surface area contributed by atoms with Gasteiger partial charge in [-0.3, -0.25) is 9.97 Å². The topological polar surface area (TPSA) is 82.0 Å². The summed E-state index contributed by atoms with van der Waals surface area (Å²) in [6.45, 7) is 0. The van der Waals surface area contributed by atoms with Crippen LogP contribution in [0.4, 0.5) is 0 Å². The first-order valence-electron chi connectivity index (χ1n) is 6.76. The van der Waals surface area contributed by atoms with Crippen molar-refractivity contribution in [3.8, 4) is 28.5 Å². The summed E-state index contributed by atoms with van der Waals surface area (Å²) < 4.78 is 27.8. The average molecular weight is 327 g/mol. The molecule has 116 valence electrons. The van der Waals surface area contributed by atoms with Crippen LogP contribution in [-0.2, 0) is 10.1 Å². The molecule has 3 heterocycles. The van der Waals surface area contributed by atoms with Crippen molar-refractivity contribution < 1.29 is 12.6 Å². The van der Waals surface area contributed by atoms with E-state index < -0.39 is 10.1 Å². The lowest BCUT2D eigenvalue weighted by Gasteiger charge is -2.08. The molecule has 0 atom stereocenters. The summed E-state index contributed by atoms with van der Waals surface area (Å²) in [5, 5.41) is 0. The van der Waals surface area contributed by atoms with E-state index in [9.17, 15) is 8.42 Å². The monoisotopic (exact) mass is 327 g/mol. The molecule has 0 aliphatic rings. The van der Waals surface area contributed by atoms with Crippen LogP contribution < -0.4 is 4.18 Å². The number of nitrogens with zero attached hydrogens (tertiary/aromatic N) is 3. The Kier molecular flexibility index (Phi) is 4.03. The van der Waals surface area contributed by atoms with E-state index in [1.54, 1.807) is 36.7 Å². The fourth-order valence-corrected chi connectivity index (χ4v) is 2.47. The fraction of sp³-hybridized carbons (Fsp3) is 0.0625. The Morgan fingerprint density at radius 1 is 0.826 bits per heavy atom. The van der Waals surface area contributed by atoms with E-state index in [4.69, 9.17) is 4.18 Å². The van der Waals surface area contributed by atoms with E-state index in [0.717, 1.165) is 6.26 Å². The van der Waals surface area contributed by atoms with E-state index >= 15 is 0 Å². The number of hydrogen-bond acceptors (Lipinski definition) is 6. The van der Waals surface area contributed by atoms with Gasteiger partial charge in [0.1, 0.15) is 5.75 Å². The van der Waals surface area contributed by atoms with Crippen molar-refractivity contribution in [1.29, 1.82) is 0 Å². The van der Waals surface area contributed by atoms with Gasteiger partial charge in [0, 0.05) is 24.5 Å². The molecule has 23 heavy (non-hydrogen) atoms. The molecule has 0 saturated heterocycles. The van der Waals surface area contributed by atoms with Crippen LogP contribution in [0.15, 0.2) is 60.9 Å². The summed E-state index contributed by atoms with van der Waals surface area (Å²) in [5.41, 5.74) is 2.24. The summed E-state index contributed by atoms with van der Waals surface area (Å²) in [6.07, 6.45) is 4.28. The molecule has 0 aliphatic carbocycles. The largest absolute Gasteiger partial charge is 0.382 e. The molecule has 0 aliphatic heterocycles. The molecule has 7 heteroatoms. The first-order valence-corrected chi connectivity index (χ1v) is 8.57. The highest BCUT2D eigenvalue weighted by atomic mass is 32.2. The third-order valence-corrected chi connectivity index (χ3v) is 3.40. The van der Waals surface area contributed by atoms with Crippen LogP contribution in [0.3, 0.4) is 0 Å². The SMILES string of the molecule is CS(=O)(=O)Oc1cc(-c2ccccn2)nc(-c2ccccn2)c1. The first-order chi connectivity index (χ1) is 11.0. The second kappa shape index (κ2) is 6.13. The Balaban J connectivity index is 2.15. The van der Waals surface area contributed by atoms with Crippen molar-refractivity contribution in [3.63, 3.8) is 0 Å². The molecule has 0 amide bonds. The number of rotatable bonds is 4. The van der Waals surface area contributed by atoms with Crippen molar-refractivity contribution in [2.24, 2.45) is 0 Å². The molecule has 6 nitrogen and oxygen atoms in total. The van der Waals surface area contributed by atoms with Crippen LogP contribution in [0.2, 0.25) is 0 Å². The van der Waals surface area contributed by atoms with Crippen molar-refractivity contribution in [3.05, 3.63) is 60.9 Å². The molecule has 3 rings (SSSR count). The molecule has 0 unspecified atom stereocenters. The van der Waals surface area contributed by atoms with Gasteiger partial charge in [-0.1, -0.05) is 12.1 Å². The van der Waals surface area contributed by atoms with Gasteiger partial charge in [0.15, 0.2) is 0 Å². The van der Waals surface area contributed by atoms with Gasteiger partial charge in [-0.2, -0.15) is 8.42 Å². The Morgan fingerprint density at radius 2 is 1.35 bits per heavy atom. The zero-order chi connectivity index (χ0) is 16.3. The number of pyridine rings is 3. The third-order valence-electron chi connectivity index (χ3n) is 2.90. The molecule has 0 bridgehead atoms. The Hall–Kier alpha value is -2.80. The summed E-state index contributed by atoms with van der Waals surface area (Å²) in [7, 11) is -3.64. The summed E-state index contributed by atoms with van der Waals surface area (Å²) >= 11 is 0. The molecule has 0 fully saturated rings. The minimum atomic E-state index is -3.64. The van der Waals surface area contributed by atoms with Gasteiger partial charge >= 0.3 is 10.1 Å². The maximum absolute atomic E-state index is 11.4. The molecular weight excluding hydrogens is 314 g/mol. The van der Waals surface area contributed by atoms with Crippen molar-refractivity contribution in [2.45, 2.75) is 0 Å².